The van der Waals surface area contributed by atoms with Crippen LogP contribution < -0.4 is 5.32 Å². The van der Waals surface area contributed by atoms with Crippen molar-refractivity contribution in [3.8, 4) is 0 Å². The molecule has 0 aliphatic heterocycles. The summed E-state index contributed by atoms with van der Waals surface area (Å²) < 4.78 is 0.139. The maximum Gasteiger partial charge on any atom is 0.345 e. The monoisotopic (exact) mass is 291 g/mol. The van der Waals surface area contributed by atoms with Gasteiger partial charge in [-0.3, -0.25) is 20.2 Å². The fourth-order valence-electron chi connectivity index (χ4n) is 0.855. The SMILES string of the molecule is O=C(Nc1ncc([N+](=O)[O-])s1)c1nnc(Cl)s1. The van der Waals surface area contributed by atoms with Crippen LogP contribution in [-0.2, 0) is 0 Å². The van der Waals surface area contributed by atoms with E-state index in [1.165, 1.54) is 0 Å². The number of hydrogen-bond donors (Lipinski definition) is 1. The number of carbonyl (C=O) groups is 1. The zero-order chi connectivity index (χ0) is 12.4. The second-order valence-corrected chi connectivity index (χ2v) is 5.14. The van der Waals surface area contributed by atoms with Gasteiger partial charge in [-0.1, -0.05) is 11.3 Å². The van der Waals surface area contributed by atoms with Gasteiger partial charge in [0.15, 0.2) is 5.13 Å². The molecule has 0 saturated heterocycles. The maximum atomic E-state index is 11.5. The van der Waals surface area contributed by atoms with Gasteiger partial charge in [0.05, 0.1) is 4.92 Å². The van der Waals surface area contributed by atoms with E-state index in [1.54, 1.807) is 0 Å². The molecule has 0 fully saturated rings. The van der Waals surface area contributed by atoms with E-state index in [1.807, 2.05) is 0 Å². The lowest BCUT2D eigenvalue weighted by Crippen LogP contribution is -2.11. The summed E-state index contributed by atoms with van der Waals surface area (Å²) in [6.45, 7) is 0. The topological polar surface area (TPSA) is 111 Å². The molecule has 11 heteroatoms. The molecule has 8 nitrogen and oxygen atoms in total. The molecular formula is C6H2ClN5O3S2. The smallest absolute Gasteiger partial charge is 0.296 e. The average molecular weight is 292 g/mol. The molecule has 0 atom stereocenters. The molecule has 0 bridgehead atoms. The molecule has 0 aromatic carbocycles. The Kier molecular flexibility index (Phi) is 3.26. The third kappa shape index (κ3) is 2.72. The molecular weight excluding hydrogens is 290 g/mol. The summed E-state index contributed by atoms with van der Waals surface area (Å²) in [4.78, 5) is 25.0. The summed E-state index contributed by atoms with van der Waals surface area (Å²) >= 11 is 7.17. The summed E-state index contributed by atoms with van der Waals surface area (Å²) in [6.07, 6.45) is 1.06. The third-order valence-electron chi connectivity index (χ3n) is 1.49. The number of hydrogen-bond acceptors (Lipinski definition) is 8. The van der Waals surface area contributed by atoms with Crippen LogP contribution in [-0.4, -0.2) is 26.0 Å². The first kappa shape index (κ1) is 11.8. The van der Waals surface area contributed by atoms with Gasteiger partial charge in [0.1, 0.15) is 6.20 Å². The number of anilines is 1. The largest absolute Gasteiger partial charge is 0.345 e. The van der Waals surface area contributed by atoms with Gasteiger partial charge in [0.25, 0.3) is 5.91 Å². The molecule has 2 aromatic rings. The molecule has 1 N–H and O–H groups in total. The minimum Gasteiger partial charge on any atom is -0.296 e. The Bertz CT molecular complexity index is 582. The zero-order valence-corrected chi connectivity index (χ0v) is 10.2. The highest BCUT2D eigenvalue weighted by molar-refractivity contribution is 7.19. The van der Waals surface area contributed by atoms with Crippen molar-refractivity contribution in [2.45, 2.75) is 0 Å². The summed E-state index contributed by atoms with van der Waals surface area (Å²) in [5, 5.41) is 19.8. The second-order valence-electron chi connectivity index (χ2n) is 2.58. The van der Waals surface area contributed by atoms with Crippen molar-refractivity contribution < 1.29 is 9.72 Å². The number of aromatic nitrogens is 3. The summed E-state index contributed by atoms with van der Waals surface area (Å²) in [6, 6.07) is 0. The van der Waals surface area contributed by atoms with Crippen molar-refractivity contribution in [3.05, 3.63) is 25.8 Å². The van der Waals surface area contributed by atoms with Crippen LogP contribution in [0.3, 0.4) is 0 Å². The highest BCUT2D eigenvalue weighted by Gasteiger charge is 2.16. The van der Waals surface area contributed by atoms with Crippen LogP contribution in [0.4, 0.5) is 10.1 Å². The van der Waals surface area contributed by atoms with E-state index in [2.05, 4.69) is 20.5 Å². The molecule has 2 aromatic heterocycles. The van der Waals surface area contributed by atoms with Gasteiger partial charge in [-0.2, -0.15) is 0 Å². The number of amides is 1. The van der Waals surface area contributed by atoms with Crippen LogP contribution in [0.15, 0.2) is 6.20 Å². The fraction of sp³-hybridized carbons (Fsp3) is 0. The number of nitrogens with one attached hydrogen (secondary N) is 1. The first-order valence-electron chi connectivity index (χ1n) is 3.97. The Balaban J connectivity index is 2.10. The molecule has 2 heterocycles. The van der Waals surface area contributed by atoms with E-state index in [-0.39, 0.29) is 19.6 Å². The molecule has 0 saturated carbocycles. The van der Waals surface area contributed by atoms with E-state index >= 15 is 0 Å². The van der Waals surface area contributed by atoms with Crippen molar-refractivity contribution in [2.24, 2.45) is 0 Å². The summed E-state index contributed by atoms with van der Waals surface area (Å²) in [5.74, 6) is -0.557. The van der Waals surface area contributed by atoms with Crippen molar-refractivity contribution in [1.82, 2.24) is 15.2 Å². The number of halogens is 1. The minimum absolute atomic E-state index is 0.0628. The lowest BCUT2D eigenvalue weighted by molar-refractivity contribution is -0.380. The first-order chi connectivity index (χ1) is 8.06. The average Bonchev–Trinajstić information content (AvgIpc) is 2.86. The number of thiazole rings is 1. The van der Waals surface area contributed by atoms with E-state index in [0.29, 0.717) is 0 Å². The molecule has 0 aliphatic carbocycles. The molecule has 17 heavy (non-hydrogen) atoms. The predicted octanol–water partition coefficient (Wildman–Crippen LogP) is 1.81. The third-order valence-corrected chi connectivity index (χ3v) is 3.37. The van der Waals surface area contributed by atoms with Crippen molar-refractivity contribution in [1.29, 1.82) is 0 Å². The quantitative estimate of drug-likeness (QED) is 0.682. The number of nitrogens with zero attached hydrogens (tertiary/aromatic N) is 4. The molecule has 1 amide bonds. The van der Waals surface area contributed by atoms with Crippen LogP contribution >= 0.6 is 34.3 Å². The molecule has 0 unspecified atom stereocenters. The van der Waals surface area contributed by atoms with Crippen molar-refractivity contribution >= 4 is 50.3 Å². The fourth-order valence-corrected chi connectivity index (χ4v) is 2.21. The molecule has 2 rings (SSSR count). The highest BCUT2D eigenvalue weighted by Crippen LogP contribution is 2.25. The molecule has 0 radical (unpaired) electrons. The number of rotatable bonds is 3. The van der Waals surface area contributed by atoms with Gasteiger partial charge in [-0.25, -0.2) is 4.98 Å². The van der Waals surface area contributed by atoms with Crippen molar-refractivity contribution in [2.75, 3.05) is 5.32 Å². The van der Waals surface area contributed by atoms with Gasteiger partial charge in [0.2, 0.25) is 9.47 Å². The van der Waals surface area contributed by atoms with Gasteiger partial charge < -0.3 is 0 Å². The second kappa shape index (κ2) is 4.69. The van der Waals surface area contributed by atoms with Crippen LogP contribution in [0.25, 0.3) is 0 Å². The maximum absolute atomic E-state index is 11.5. The van der Waals surface area contributed by atoms with Crippen LogP contribution in [0.5, 0.6) is 0 Å². The Morgan fingerprint density at radius 1 is 1.47 bits per heavy atom. The lowest BCUT2D eigenvalue weighted by atomic mass is 10.6. The molecule has 0 aliphatic rings. The van der Waals surface area contributed by atoms with Crippen molar-refractivity contribution in [3.63, 3.8) is 0 Å². The Morgan fingerprint density at radius 3 is 2.76 bits per heavy atom. The predicted molar refractivity (Wildman–Crippen MR) is 61.6 cm³/mol. The Labute approximate surface area is 106 Å². The summed E-state index contributed by atoms with van der Waals surface area (Å²) in [7, 11) is 0. The van der Waals surface area contributed by atoms with Crippen LogP contribution in [0.2, 0.25) is 4.47 Å². The first-order valence-corrected chi connectivity index (χ1v) is 5.98. The molecule has 88 valence electrons. The Hall–Kier alpha value is -1.65. The normalized spacial score (nSPS) is 10.2. The van der Waals surface area contributed by atoms with Gasteiger partial charge in [0, 0.05) is 0 Å². The zero-order valence-electron chi connectivity index (χ0n) is 7.79. The van der Waals surface area contributed by atoms with Gasteiger partial charge >= 0.3 is 5.00 Å². The van der Waals surface area contributed by atoms with Crippen LogP contribution in [0.1, 0.15) is 9.80 Å². The van der Waals surface area contributed by atoms with Gasteiger partial charge in [-0.15, -0.1) is 10.2 Å². The van der Waals surface area contributed by atoms with E-state index in [0.717, 1.165) is 28.9 Å². The highest BCUT2D eigenvalue weighted by atomic mass is 35.5. The lowest BCUT2D eigenvalue weighted by Gasteiger charge is -1.94. The number of carbonyl (C=O) groups excluding carboxylic acids is 1. The standard InChI is InChI=1S/C6H2ClN5O3S2/c7-5-11-10-4(17-5)3(13)9-6-8-1-2(16-6)12(14)15/h1H,(H,8,9,13). The van der Waals surface area contributed by atoms with Crippen LogP contribution in [0, 0.1) is 10.1 Å². The molecule has 0 spiro atoms. The van der Waals surface area contributed by atoms with E-state index in [9.17, 15) is 14.9 Å². The minimum atomic E-state index is -0.588. The van der Waals surface area contributed by atoms with Gasteiger partial charge in [-0.05, 0) is 22.9 Å². The van der Waals surface area contributed by atoms with E-state index < -0.39 is 10.8 Å². The van der Waals surface area contributed by atoms with E-state index in [4.69, 9.17) is 11.6 Å². The summed E-state index contributed by atoms with van der Waals surface area (Å²) in [5.41, 5.74) is 0. The number of nitro groups is 1. The Morgan fingerprint density at radius 2 is 2.24 bits per heavy atom.